The lowest BCUT2D eigenvalue weighted by Crippen LogP contribution is -2.30. The molecule has 0 saturated carbocycles. The topological polar surface area (TPSA) is 100 Å². The highest BCUT2D eigenvalue weighted by Crippen LogP contribution is 2.30. The van der Waals surface area contributed by atoms with E-state index < -0.39 is 17.1 Å². The van der Waals surface area contributed by atoms with Crippen LogP contribution in [0.5, 0.6) is 0 Å². The minimum atomic E-state index is -0.487. The van der Waals surface area contributed by atoms with E-state index in [0.717, 1.165) is 26.2 Å². The second-order valence-electron chi connectivity index (χ2n) is 9.96. The number of hydrogen-bond donors (Lipinski definition) is 3. The number of aromatic nitrogens is 1. The first-order chi connectivity index (χ1) is 22.3. The third-order valence-corrected chi connectivity index (χ3v) is 9.51. The molecule has 0 aliphatic carbocycles. The second kappa shape index (κ2) is 15.9. The number of rotatable bonds is 11. The zero-order chi connectivity index (χ0) is 32.5. The lowest BCUT2D eigenvalue weighted by atomic mass is 10.1. The van der Waals surface area contributed by atoms with Crippen LogP contribution in [0.4, 0.5) is 10.8 Å². The van der Waals surface area contributed by atoms with Crippen molar-refractivity contribution in [2.75, 3.05) is 10.6 Å². The summed E-state index contributed by atoms with van der Waals surface area (Å²) < 4.78 is 0.895. The maximum atomic E-state index is 13.5. The van der Waals surface area contributed by atoms with Crippen LogP contribution < -0.4 is 16.0 Å². The van der Waals surface area contributed by atoms with Crippen LogP contribution in [0.15, 0.2) is 124 Å². The van der Waals surface area contributed by atoms with Crippen molar-refractivity contribution in [2.24, 2.45) is 0 Å². The predicted molar refractivity (Wildman–Crippen MR) is 192 cm³/mol. The number of thiazole rings is 1. The third kappa shape index (κ3) is 9.17. The number of carbonyl (C=O) groups excluding carboxylic acids is 3. The zero-order valence-electron chi connectivity index (χ0n) is 24.5. The number of hydrogen-bond acceptors (Lipinski definition) is 6. The van der Waals surface area contributed by atoms with E-state index in [2.05, 4.69) is 36.9 Å². The van der Waals surface area contributed by atoms with Gasteiger partial charge in [0.2, 0.25) is 5.91 Å². The van der Waals surface area contributed by atoms with Gasteiger partial charge in [0.15, 0.2) is 5.13 Å². The number of halogens is 2. The van der Waals surface area contributed by atoms with Crippen molar-refractivity contribution in [3.05, 3.63) is 135 Å². The van der Waals surface area contributed by atoms with Gasteiger partial charge < -0.3 is 16.0 Å². The number of nitrogens with one attached hydrogen (secondary N) is 3. The highest BCUT2D eigenvalue weighted by atomic mass is 79.9. The molecular formula is C35H28BrClN4O3S2. The summed E-state index contributed by atoms with van der Waals surface area (Å²) in [4.78, 5) is 45.0. The molecule has 5 aromatic rings. The van der Waals surface area contributed by atoms with E-state index in [-0.39, 0.29) is 11.6 Å². The van der Waals surface area contributed by atoms with E-state index in [4.69, 9.17) is 11.6 Å². The third-order valence-electron chi connectivity index (χ3n) is 6.62. The average molecular weight is 732 g/mol. The number of thioether (sulfide) groups is 1. The minimum absolute atomic E-state index is 0.0847. The highest BCUT2D eigenvalue weighted by molar-refractivity contribution is 9.10. The predicted octanol–water partition coefficient (Wildman–Crippen LogP) is 9.14. The Morgan fingerprint density at radius 3 is 2.39 bits per heavy atom. The molecule has 1 atom stereocenters. The smallest absolute Gasteiger partial charge is 0.272 e. The summed E-state index contributed by atoms with van der Waals surface area (Å²) in [6.45, 7) is 1.94. The van der Waals surface area contributed by atoms with Crippen molar-refractivity contribution in [1.29, 1.82) is 0 Å². The van der Waals surface area contributed by atoms with Gasteiger partial charge in [-0.25, -0.2) is 4.98 Å². The van der Waals surface area contributed by atoms with Gasteiger partial charge in [0, 0.05) is 36.6 Å². The highest BCUT2D eigenvalue weighted by Gasteiger charge is 2.20. The number of benzene rings is 4. The van der Waals surface area contributed by atoms with Crippen LogP contribution in [-0.4, -0.2) is 28.0 Å². The molecule has 11 heteroatoms. The van der Waals surface area contributed by atoms with Gasteiger partial charge in [-0.1, -0.05) is 83.0 Å². The summed E-state index contributed by atoms with van der Waals surface area (Å²) in [6, 6.07) is 30.7. The van der Waals surface area contributed by atoms with Gasteiger partial charge in [-0.3, -0.25) is 14.4 Å². The van der Waals surface area contributed by atoms with Crippen molar-refractivity contribution >= 4 is 85.2 Å². The Morgan fingerprint density at radius 1 is 0.935 bits per heavy atom. The van der Waals surface area contributed by atoms with Crippen molar-refractivity contribution in [3.63, 3.8) is 0 Å². The Hall–Kier alpha value is -4.22. The van der Waals surface area contributed by atoms with E-state index in [0.29, 0.717) is 27.8 Å². The molecule has 4 aromatic carbocycles. The summed E-state index contributed by atoms with van der Waals surface area (Å²) in [5.41, 5.74) is 3.45. The van der Waals surface area contributed by atoms with E-state index in [9.17, 15) is 14.4 Å². The van der Waals surface area contributed by atoms with Gasteiger partial charge in [-0.15, -0.1) is 23.1 Å². The normalized spacial score (nSPS) is 11.8. The van der Waals surface area contributed by atoms with Gasteiger partial charge in [0.25, 0.3) is 11.8 Å². The maximum Gasteiger partial charge on any atom is 0.272 e. The summed E-state index contributed by atoms with van der Waals surface area (Å²) in [5.74, 6) is -1.05. The first-order valence-corrected chi connectivity index (χ1v) is 17.1. The van der Waals surface area contributed by atoms with Crippen LogP contribution in [0.25, 0.3) is 17.3 Å². The summed E-state index contributed by atoms with van der Waals surface area (Å²) in [7, 11) is 0. The number of nitrogens with zero attached hydrogens (tertiary/aromatic N) is 1. The van der Waals surface area contributed by atoms with E-state index >= 15 is 0 Å². The monoisotopic (exact) mass is 730 g/mol. The molecule has 7 nitrogen and oxygen atoms in total. The van der Waals surface area contributed by atoms with Crippen LogP contribution in [0.3, 0.4) is 0 Å². The summed E-state index contributed by atoms with van der Waals surface area (Å²) in [5, 5.41) is 11.2. The Morgan fingerprint density at radius 2 is 1.67 bits per heavy atom. The van der Waals surface area contributed by atoms with Gasteiger partial charge in [0.05, 0.1) is 10.9 Å². The maximum absolute atomic E-state index is 13.5. The molecule has 3 amide bonds. The number of amides is 3. The summed E-state index contributed by atoms with van der Waals surface area (Å²) in [6.07, 6.45) is 2.20. The van der Waals surface area contributed by atoms with Crippen LogP contribution in [0.2, 0.25) is 5.02 Å². The molecule has 0 saturated heterocycles. The summed E-state index contributed by atoms with van der Waals surface area (Å²) >= 11 is 12.2. The largest absolute Gasteiger partial charge is 0.321 e. The molecule has 5 rings (SSSR count). The second-order valence-corrected chi connectivity index (χ2v) is 13.4. The quantitative estimate of drug-likeness (QED) is 0.0930. The molecule has 232 valence electrons. The Labute approximate surface area is 288 Å². The molecule has 0 fully saturated rings. The van der Waals surface area contributed by atoms with E-state index in [1.165, 1.54) is 23.1 Å². The molecule has 0 bridgehead atoms. The minimum Gasteiger partial charge on any atom is -0.321 e. The lowest BCUT2D eigenvalue weighted by Gasteiger charge is -2.15. The van der Waals surface area contributed by atoms with Crippen LogP contribution in [-0.2, 0) is 9.59 Å². The fourth-order valence-electron chi connectivity index (χ4n) is 4.27. The standard InChI is InChI=1S/C35H28BrClN4O3S2/c1-2-31(34(44)41-35-40-30(21-45-35)23-13-17-26(37)18-14-23)46-28-10-6-9-27(20-28)38-33(43)29(19-22-11-15-25(36)16-12-22)39-32(42)24-7-4-3-5-8-24/h3-21,31H,2H2,1H3,(H,38,43)(H,39,42)(H,40,41,44)/b29-19-. The molecule has 1 heterocycles. The molecule has 3 N–H and O–H groups in total. The van der Waals surface area contributed by atoms with E-state index in [1.807, 2.05) is 66.9 Å². The molecule has 0 aliphatic heterocycles. The lowest BCUT2D eigenvalue weighted by molar-refractivity contribution is -0.116. The molecule has 0 spiro atoms. The Balaban J connectivity index is 1.27. The molecule has 0 aliphatic rings. The van der Waals surface area contributed by atoms with E-state index in [1.54, 1.807) is 54.6 Å². The Kier molecular flexibility index (Phi) is 11.4. The van der Waals surface area contributed by atoms with Crippen LogP contribution in [0.1, 0.15) is 29.3 Å². The van der Waals surface area contributed by atoms with Gasteiger partial charge >= 0.3 is 0 Å². The zero-order valence-corrected chi connectivity index (χ0v) is 28.5. The molecular weight excluding hydrogens is 704 g/mol. The molecule has 1 aromatic heterocycles. The van der Waals surface area contributed by atoms with Crippen molar-refractivity contribution in [2.45, 2.75) is 23.5 Å². The SMILES string of the molecule is CCC(Sc1cccc(NC(=O)/C(=C/c2ccc(Br)cc2)NC(=O)c2ccccc2)c1)C(=O)Nc1nc(-c2ccc(Cl)cc2)cs1. The van der Waals surface area contributed by atoms with Crippen molar-refractivity contribution in [1.82, 2.24) is 10.3 Å². The average Bonchev–Trinajstić information content (AvgIpc) is 3.53. The number of anilines is 2. The van der Waals surface area contributed by atoms with Crippen LogP contribution in [0, 0.1) is 0 Å². The fraction of sp³-hybridized carbons (Fsp3) is 0.0857. The van der Waals surface area contributed by atoms with Crippen LogP contribution >= 0.6 is 50.6 Å². The molecule has 46 heavy (non-hydrogen) atoms. The fourth-order valence-corrected chi connectivity index (χ4v) is 6.40. The van der Waals surface area contributed by atoms with Crippen molar-refractivity contribution in [3.8, 4) is 11.3 Å². The van der Waals surface area contributed by atoms with Crippen molar-refractivity contribution < 1.29 is 14.4 Å². The first-order valence-electron chi connectivity index (χ1n) is 14.2. The molecule has 0 radical (unpaired) electrons. The Bertz CT molecular complexity index is 1860. The van der Waals surface area contributed by atoms with Gasteiger partial charge in [-0.05, 0) is 72.7 Å². The number of carbonyl (C=O) groups is 3. The molecule has 1 unspecified atom stereocenters. The van der Waals surface area contributed by atoms with Gasteiger partial charge in [0.1, 0.15) is 5.70 Å². The van der Waals surface area contributed by atoms with Gasteiger partial charge in [-0.2, -0.15) is 0 Å². The first kappa shape index (κ1) is 33.2.